The van der Waals surface area contributed by atoms with Crippen molar-refractivity contribution in [1.82, 2.24) is 15.1 Å². The van der Waals surface area contributed by atoms with E-state index >= 15 is 0 Å². The lowest BCUT2D eigenvalue weighted by molar-refractivity contribution is -0.125. The van der Waals surface area contributed by atoms with E-state index in [2.05, 4.69) is 10.4 Å². The van der Waals surface area contributed by atoms with Crippen LogP contribution in [0.1, 0.15) is 25.0 Å². The molecule has 5 heteroatoms. The predicted molar refractivity (Wildman–Crippen MR) is 78.9 cm³/mol. The summed E-state index contributed by atoms with van der Waals surface area (Å²) in [6.07, 6.45) is 3.63. The zero-order valence-corrected chi connectivity index (χ0v) is 12.1. The van der Waals surface area contributed by atoms with Crippen molar-refractivity contribution in [3.05, 3.63) is 47.8 Å². The minimum atomic E-state index is -0.601. The fourth-order valence-corrected chi connectivity index (χ4v) is 2.00. The zero-order chi connectivity index (χ0) is 14.8. The molecule has 0 aliphatic carbocycles. The van der Waals surface area contributed by atoms with Crippen LogP contribution in [0.5, 0.6) is 0 Å². The third-order valence-corrected chi connectivity index (χ3v) is 3.41. The third kappa shape index (κ3) is 2.99. The van der Waals surface area contributed by atoms with Crippen LogP contribution in [0.15, 0.2) is 36.7 Å². The number of aromatic nitrogens is 2. The summed E-state index contributed by atoms with van der Waals surface area (Å²) < 4.78 is 1.71. The van der Waals surface area contributed by atoms with Crippen molar-refractivity contribution in [2.24, 2.45) is 7.05 Å². The Morgan fingerprint density at radius 1 is 1.35 bits per heavy atom. The minimum Gasteiger partial charge on any atom is -0.399 e. The van der Waals surface area contributed by atoms with E-state index in [4.69, 9.17) is 5.73 Å². The quantitative estimate of drug-likeness (QED) is 0.830. The first-order chi connectivity index (χ1) is 9.39. The van der Waals surface area contributed by atoms with Crippen LogP contribution in [0.4, 0.5) is 5.69 Å². The molecule has 3 N–H and O–H groups in total. The van der Waals surface area contributed by atoms with Gasteiger partial charge in [0.2, 0.25) is 5.91 Å². The summed E-state index contributed by atoms with van der Waals surface area (Å²) in [6.45, 7) is 4.28. The summed E-state index contributed by atoms with van der Waals surface area (Å²) in [6, 6.07) is 7.40. The van der Waals surface area contributed by atoms with E-state index in [1.807, 2.05) is 51.4 Å². The second-order valence-corrected chi connectivity index (χ2v) is 5.45. The lowest BCUT2D eigenvalue weighted by atomic mass is 9.83. The highest BCUT2D eigenvalue weighted by Gasteiger charge is 2.29. The standard InChI is InChI=1S/C15H20N4O/c1-15(2,12-4-6-13(16)7-5-12)14(20)17-8-11-9-18-19(3)10-11/h4-7,9-10H,8,16H2,1-3H3,(H,17,20). The van der Waals surface area contributed by atoms with Crippen LogP contribution in [-0.4, -0.2) is 15.7 Å². The van der Waals surface area contributed by atoms with Gasteiger partial charge < -0.3 is 11.1 Å². The number of rotatable bonds is 4. The molecule has 1 aromatic carbocycles. The third-order valence-electron chi connectivity index (χ3n) is 3.41. The van der Waals surface area contributed by atoms with Gasteiger partial charge in [0.05, 0.1) is 11.6 Å². The second-order valence-electron chi connectivity index (χ2n) is 5.45. The molecule has 0 radical (unpaired) electrons. The largest absolute Gasteiger partial charge is 0.399 e. The summed E-state index contributed by atoms with van der Waals surface area (Å²) in [5, 5.41) is 7.02. The number of nitrogens with one attached hydrogen (secondary N) is 1. The van der Waals surface area contributed by atoms with Crippen LogP contribution in [0.25, 0.3) is 0 Å². The van der Waals surface area contributed by atoms with Crippen molar-refractivity contribution >= 4 is 11.6 Å². The van der Waals surface area contributed by atoms with Crippen LogP contribution in [-0.2, 0) is 23.8 Å². The number of amides is 1. The SMILES string of the molecule is Cn1cc(CNC(=O)C(C)(C)c2ccc(N)cc2)cn1. The first kappa shape index (κ1) is 14.1. The van der Waals surface area contributed by atoms with Gasteiger partial charge in [0, 0.05) is 31.0 Å². The van der Waals surface area contributed by atoms with Crippen LogP contribution in [0.3, 0.4) is 0 Å². The Hall–Kier alpha value is -2.30. The van der Waals surface area contributed by atoms with Crippen LogP contribution >= 0.6 is 0 Å². The Morgan fingerprint density at radius 3 is 2.55 bits per heavy atom. The predicted octanol–water partition coefficient (Wildman–Crippen LogP) is 1.60. The van der Waals surface area contributed by atoms with Gasteiger partial charge in [-0.05, 0) is 31.5 Å². The molecule has 20 heavy (non-hydrogen) atoms. The Morgan fingerprint density at radius 2 is 2.00 bits per heavy atom. The van der Waals surface area contributed by atoms with Crippen LogP contribution < -0.4 is 11.1 Å². The molecule has 0 spiro atoms. The molecule has 1 aromatic heterocycles. The van der Waals surface area contributed by atoms with Gasteiger partial charge in [0.15, 0.2) is 0 Å². The Bertz CT molecular complexity index is 599. The molecule has 2 rings (SSSR count). The molecule has 1 amide bonds. The molecule has 0 bridgehead atoms. The highest BCUT2D eigenvalue weighted by atomic mass is 16.2. The number of nitrogen functional groups attached to an aromatic ring is 1. The summed E-state index contributed by atoms with van der Waals surface area (Å²) in [5.74, 6) is -0.0221. The van der Waals surface area contributed by atoms with Crippen molar-refractivity contribution < 1.29 is 4.79 Å². The number of nitrogens with two attached hydrogens (primary N) is 1. The van der Waals surface area contributed by atoms with Crippen molar-refractivity contribution in [1.29, 1.82) is 0 Å². The van der Waals surface area contributed by atoms with Gasteiger partial charge in [-0.1, -0.05) is 12.1 Å². The number of aryl methyl sites for hydroxylation is 1. The lowest BCUT2D eigenvalue weighted by Gasteiger charge is -2.24. The van der Waals surface area contributed by atoms with Crippen molar-refractivity contribution in [2.45, 2.75) is 25.8 Å². The lowest BCUT2D eigenvalue weighted by Crippen LogP contribution is -2.39. The molecule has 1 heterocycles. The molecule has 0 atom stereocenters. The monoisotopic (exact) mass is 272 g/mol. The van der Waals surface area contributed by atoms with Crippen molar-refractivity contribution in [3.8, 4) is 0 Å². The van der Waals surface area contributed by atoms with Crippen LogP contribution in [0, 0.1) is 0 Å². The number of anilines is 1. The van der Waals surface area contributed by atoms with Gasteiger partial charge in [-0.25, -0.2) is 0 Å². The van der Waals surface area contributed by atoms with E-state index in [0.29, 0.717) is 12.2 Å². The van der Waals surface area contributed by atoms with E-state index in [9.17, 15) is 4.79 Å². The maximum atomic E-state index is 12.4. The summed E-state index contributed by atoms with van der Waals surface area (Å²) >= 11 is 0. The van der Waals surface area contributed by atoms with Crippen molar-refractivity contribution in [3.63, 3.8) is 0 Å². The number of hydrogen-bond acceptors (Lipinski definition) is 3. The normalized spacial score (nSPS) is 11.3. The second kappa shape index (κ2) is 5.36. The Kier molecular flexibility index (Phi) is 3.79. The number of carbonyl (C=O) groups excluding carboxylic acids is 1. The van der Waals surface area contributed by atoms with Gasteiger partial charge in [0.25, 0.3) is 0 Å². The van der Waals surface area contributed by atoms with E-state index in [1.54, 1.807) is 10.9 Å². The topological polar surface area (TPSA) is 72.9 Å². The average molecular weight is 272 g/mol. The molecule has 0 saturated carbocycles. The molecule has 0 saturated heterocycles. The van der Waals surface area contributed by atoms with Gasteiger partial charge >= 0.3 is 0 Å². The molecule has 106 valence electrons. The molecule has 0 aliphatic rings. The molecule has 0 fully saturated rings. The maximum absolute atomic E-state index is 12.4. The zero-order valence-electron chi connectivity index (χ0n) is 12.1. The van der Waals surface area contributed by atoms with Gasteiger partial charge in [-0.2, -0.15) is 5.10 Å². The molecular formula is C15H20N4O. The van der Waals surface area contributed by atoms with Gasteiger partial charge in [0.1, 0.15) is 0 Å². The number of nitrogens with zero attached hydrogens (tertiary/aromatic N) is 2. The number of benzene rings is 1. The molecule has 2 aromatic rings. The van der Waals surface area contributed by atoms with Gasteiger partial charge in [-0.15, -0.1) is 0 Å². The first-order valence-electron chi connectivity index (χ1n) is 6.51. The summed E-state index contributed by atoms with van der Waals surface area (Å²) in [5.41, 5.74) is 7.69. The highest BCUT2D eigenvalue weighted by Crippen LogP contribution is 2.24. The van der Waals surface area contributed by atoms with E-state index < -0.39 is 5.41 Å². The molecule has 0 aliphatic heterocycles. The minimum absolute atomic E-state index is 0.0221. The van der Waals surface area contributed by atoms with Gasteiger partial charge in [-0.3, -0.25) is 9.48 Å². The smallest absolute Gasteiger partial charge is 0.230 e. The summed E-state index contributed by atoms with van der Waals surface area (Å²) in [7, 11) is 1.85. The van der Waals surface area contributed by atoms with Crippen molar-refractivity contribution in [2.75, 3.05) is 5.73 Å². The molecular weight excluding hydrogens is 252 g/mol. The van der Waals surface area contributed by atoms with E-state index in [0.717, 1.165) is 11.1 Å². The Balaban J connectivity index is 2.05. The first-order valence-corrected chi connectivity index (χ1v) is 6.51. The number of carbonyl (C=O) groups is 1. The Labute approximate surface area is 118 Å². The van der Waals surface area contributed by atoms with Crippen LogP contribution in [0.2, 0.25) is 0 Å². The fourth-order valence-electron chi connectivity index (χ4n) is 2.00. The number of hydrogen-bond donors (Lipinski definition) is 2. The molecule has 0 unspecified atom stereocenters. The van der Waals surface area contributed by atoms with E-state index in [1.165, 1.54) is 0 Å². The molecule has 5 nitrogen and oxygen atoms in total. The summed E-state index contributed by atoms with van der Waals surface area (Å²) in [4.78, 5) is 12.4. The highest BCUT2D eigenvalue weighted by molar-refractivity contribution is 5.87. The average Bonchev–Trinajstić information content (AvgIpc) is 2.82. The maximum Gasteiger partial charge on any atom is 0.230 e. The fraction of sp³-hybridized carbons (Fsp3) is 0.333. The van der Waals surface area contributed by atoms with E-state index in [-0.39, 0.29) is 5.91 Å².